The molecule has 0 atom stereocenters. The summed E-state index contributed by atoms with van der Waals surface area (Å²) in [5.74, 6) is 0.264. The zero-order chi connectivity index (χ0) is 20.8. The van der Waals surface area contributed by atoms with Gasteiger partial charge in [-0.3, -0.25) is 14.4 Å². The average Bonchev–Trinajstić information content (AvgIpc) is 2.74. The number of carbonyl (C=O) groups excluding carboxylic acids is 3. The molecule has 1 aliphatic heterocycles. The van der Waals surface area contributed by atoms with Gasteiger partial charge in [-0.05, 0) is 47.8 Å². The molecule has 2 aromatic rings. The molecule has 1 fully saturated rings. The number of piperidine rings is 1. The minimum Gasteiger partial charge on any atom is -0.343 e. The largest absolute Gasteiger partial charge is 0.343 e. The van der Waals surface area contributed by atoms with Crippen LogP contribution in [0.15, 0.2) is 47.1 Å². The van der Waals surface area contributed by atoms with E-state index in [0.29, 0.717) is 37.3 Å². The van der Waals surface area contributed by atoms with Crippen molar-refractivity contribution in [3.05, 3.63) is 58.2 Å². The van der Waals surface area contributed by atoms with E-state index in [4.69, 9.17) is 0 Å². The quantitative estimate of drug-likeness (QED) is 0.664. The minimum absolute atomic E-state index is 0.0189. The predicted octanol–water partition coefficient (Wildman–Crippen LogP) is 3.99. The number of halogens is 1. The molecule has 3 rings (SSSR count). The smallest absolute Gasteiger partial charge is 0.228 e. The van der Waals surface area contributed by atoms with Crippen molar-refractivity contribution in [3.8, 4) is 0 Å². The number of ketones is 1. The van der Waals surface area contributed by atoms with Crippen LogP contribution in [-0.2, 0) is 9.59 Å². The van der Waals surface area contributed by atoms with Crippen LogP contribution in [0.4, 0.5) is 5.82 Å². The number of pyridine rings is 1. The molecule has 0 unspecified atom stereocenters. The van der Waals surface area contributed by atoms with Gasteiger partial charge < -0.3 is 10.2 Å². The standard InChI is InChI=1S/C22H24BrN3O3/c1-15-2-4-16(5-3-15)19(27)7-9-21(28)26-12-10-17(11-13-26)22(29)25-20-8-6-18(23)14-24-20/h2-6,8,14,17H,7,9-13H2,1H3,(H,24,25,29). The molecule has 1 N–H and O–H groups in total. The van der Waals surface area contributed by atoms with Crippen LogP contribution in [0, 0.1) is 12.8 Å². The lowest BCUT2D eigenvalue weighted by atomic mass is 9.95. The minimum atomic E-state index is -0.140. The second-order valence-corrected chi connectivity index (χ2v) is 8.21. The number of nitrogens with zero attached hydrogens (tertiary/aromatic N) is 2. The highest BCUT2D eigenvalue weighted by Gasteiger charge is 2.27. The number of hydrogen-bond donors (Lipinski definition) is 1. The van der Waals surface area contributed by atoms with Gasteiger partial charge in [0, 0.05) is 48.1 Å². The van der Waals surface area contributed by atoms with Gasteiger partial charge in [0.1, 0.15) is 5.82 Å². The van der Waals surface area contributed by atoms with E-state index in [-0.39, 0.29) is 36.4 Å². The molecule has 1 aromatic heterocycles. The first kappa shape index (κ1) is 21.2. The van der Waals surface area contributed by atoms with Gasteiger partial charge in [0.15, 0.2) is 5.78 Å². The Hall–Kier alpha value is -2.54. The molecule has 6 nitrogen and oxygen atoms in total. The fraction of sp³-hybridized carbons (Fsp3) is 0.364. The third kappa shape index (κ3) is 5.97. The van der Waals surface area contributed by atoms with E-state index in [9.17, 15) is 14.4 Å². The lowest BCUT2D eigenvalue weighted by Crippen LogP contribution is -2.41. The molecule has 0 radical (unpaired) electrons. The topological polar surface area (TPSA) is 79.4 Å². The first-order valence-electron chi connectivity index (χ1n) is 9.72. The third-order valence-corrected chi connectivity index (χ3v) is 5.61. The van der Waals surface area contributed by atoms with Crippen LogP contribution < -0.4 is 5.32 Å². The maximum Gasteiger partial charge on any atom is 0.228 e. The Morgan fingerprint density at radius 3 is 2.38 bits per heavy atom. The van der Waals surface area contributed by atoms with Crippen molar-refractivity contribution < 1.29 is 14.4 Å². The second-order valence-electron chi connectivity index (χ2n) is 7.30. The number of aromatic nitrogens is 1. The highest BCUT2D eigenvalue weighted by molar-refractivity contribution is 9.10. The Balaban J connectivity index is 1.43. The van der Waals surface area contributed by atoms with Crippen LogP contribution in [0.3, 0.4) is 0 Å². The summed E-state index contributed by atoms with van der Waals surface area (Å²) in [6.07, 6.45) is 3.26. The van der Waals surface area contributed by atoms with Crippen LogP contribution in [0.1, 0.15) is 41.6 Å². The van der Waals surface area contributed by atoms with E-state index in [2.05, 4.69) is 26.2 Å². The summed E-state index contributed by atoms with van der Waals surface area (Å²) >= 11 is 3.31. The lowest BCUT2D eigenvalue weighted by molar-refractivity contribution is -0.134. The monoisotopic (exact) mass is 457 g/mol. The number of aryl methyl sites for hydroxylation is 1. The number of nitrogens with one attached hydrogen (secondary N) is 1. The molecule has 0 aliphatic carbocycles. The Bertz CT molecular complexity index is 873. The van der Waals surface area contributed by atoms with Crippen molar-refractivity contribution in [2.45, 2.75) is 32.6 Å². The lowest BCUT2D eigenvalue weighted by Gasteiger charge is -2.31. The molecule has 1 saturated heterocycles. The van der Waals surface area contributed by atoms with Gasteiger partial charge in [-0.15, -0.1) is 0 Å². The maximum absolute atomic E-state index is 12.4. The van der Waals surface area contributed by atoms with Gasteiger partial charge in [-0.1, -0.05) is 29.8 Å². The van der Waals surface area contributed by atoms with Crippen LogP contribution in [0.25, 0.3) is 0 Å². The molecule has 7 heteroatoms. The highest BCUT2D eigenvalue weighted by Crippen LogP contribution is 2.21. The normalized spacial score (nSPS) is 14.5. The Morgan fingerprint density at radius 1 is 1.07 bits per heavy atom. The first-order valence-corrected chi connectivity index (χ1v) is 10.5. The zero-order valence-corrected chi connectivity index (χ0v) is 17.9. The molecule has 0 bridgehead atoms. The van der Waals surface area contributed by atoms with E-state index in [0.717, 1.165) is 10.0 Å². The Kier molecular flexibility index (Phi) is 7.14. The highest BCUT2D eigenvalue weighted by atomic mass is 79.9. The number of anilines is 1. The fourth-order valence-corrected chi connectivity index (χ4v) is 3.57. The number of Topliss-reactive ketones (excluding diaryl/α,β-unsaturated/α-hetero) is 1. The summed E-state index contributed by atoms with van der Waals surface area (Å²) in [6, 6.07) is 11.0. The summed E-state index contributed by atoms with van der Waals surface area (Å²) in [6.45, 7) is 3.03. The molecule has 2 amide bonds. The summed E-state index contributed by atoms with van der Waals surface area (Å²) < 4.78 is 0.850. The van der Waals surface area contributed by atoms with E-state index in [1.165, 1.54) is 0 Å². The number of benzene rings is 1. The number of amides is 2. The molecule has 152 valence electrons. The van der Waals surface area contributed by atoms with Gasteiger partial charge >= 0.3 is 0 Å². The number of hydrogen-bond acceptors (Lipinski definition) is 4. The number of rotatable bonds is 6. The Labute approximate surface area is 178 Å². The van der Waals surface area contributed by atoms with Crippen molar-refractivity contribution in [3.63, 3.8) is 0 Å². The molecule has 29 heavy (non-hydrogen) atoms. The van der Waals surface area contributed by atoms with Crippen molar-refractivity contribution in [1.29, 1.82) is 0 Å². The van der Waals surface area contributed by atoms with Gasteiger partial charge in [0.25, 0.3) is 0 Å². The van der Waals surface area contributed by atoms with Crippen molar-refractivity contribution >= 4 is 39.3 Å². The molecule has 2 heterocycles. The Morgan fingerprint density at radius 2 is 1.76 bits per heavy atom. The SMILES string of the molecule is Cc1ccc(C(=O)CCC(=O)N2CCC(C(=O)Nc3ccc(Br)cn3)CC2)cc1. The third-order valence-electron chi connectivity index (χ3n) is 5.14. The molecule has 0 spiro atoms. The molecule has 1 aromatic carbocycles. The van der Waals surface area contributed by atoms with Crippen LogP contribution in [0.2, 0.25) is 0 Å². The van der Waals surface area contributed by atoms with Crippen molar-refractivity contribution in [1.82, 2.24) is 9.88 Å². The van der Waals surface area contributed by atoms with Crippen LogP contribution >= 0.6 is 15.9 Å². The predicted molar refractivity (Wildman–Crippen MR) is 115 cm³/mol. The maximum atomic E-state index is 12.4. The van der Waals surface area contributed by atoms with Crippen molar-refractivity contribution in [2.24, 2.45) is 5.92 Å². The molecular weight excluding hydrogens is 434 g/mol. The summed E-state index contributed by atoms with van der Waals surface area (Å²) in [7, 11) is 0. The summed E-state index contributed by atoms with van der Waals surface area (Å²) in [5.41, 5.74) is 1.74. The van der Waals surface area contributed by atoms with Gasteiger partial charge in [0.2, 0.25) is 11.8 Å². The average molecular weight is 458 g/mol. The van der Waals surface area contributed by atoms with E-state index < -0.39 is 0 Å². The second kappa shape index (κ2) is 9.78. The number of likely N-dealkylation sites (tertiary alicyclic amines) is 1. The van der Waals surface area contributed by atoms with E-state index in [1.807, 2.05) is 25.1 Å². The molecule has 1 aliphatic rings. The van der Waals surface area contributed by atoms with Crippen molar-refractivity contribution in [2.75, 3.05) is 18.4 Å². The number of carbonyl (C=O) groups is 3. The summed E-state index contributed by atoms with van der Waals surface area (Å²) in [4.78, 5) is 43.0. The van der Waals surface area contributed by atoms with Gasteiger partial charge in [-0.25, -0.2) is 4.98 Å². The summed E-state index contributed by atoms with van der Waals surface area (Å²) in [5, 5.41) is 2.83. The molecule has 0 saturated carbocycles. The first-order chi connectivity index (χ1) is 13.9. The van der Waals surface area contributed by atoms with Crippen LogP contribution in [-0.4, -0.2) is 40.6 Å². The van der Waals surface area contributed by atoms with Gasteiger partial charge in [-0.2, -0.15) is 0 Å². The zero-order valence-electron chi connectivity index (χ0n) is 16.4. The van der Waals surface area contributed by atoms with Gasteiger partial charge in [0.05, 0.1) is 0 Å². The fourth-order valence-electron chi connectivity index (χ4n) is 3.33. The van der Waals surface area contributed by atoms with E-state index in [1.54, 1.807) is 29.3 Å². The van der Waals surface area contributed by atoms with E-state index >= 15 is 0 Å². The van der Waals surface area contributed by atoms with Crippen LogP contribution in [0.5, 0.6) is 0 Å². The molecular formula is C22H24BrN3O3.